The Labute approximate surface area is 224 Å². The summed E-state index contributed by atoms with van der Waals surface area (Å²) in [6, 6.07) is 7.85. The van der Waals surface area contributed by atoms with Crippen LogP contribution in [0, 0.1) is 40.9 Å². The van der Waals surface area contributed by atoms with E-state index in [0.29, 0.717) is 0 Å². The Hall–Kier alpha value is -2.57. The molecule has 0 aliphatic heterocycles. The maximum atomic E-state index is 13.4. The monoisotopic (exact) mass is 515 g/mol. The first kappa shape index (κ1) is 23.3. The number of aromatic nitrogens is 2. The lowest BCUT2D eigenvalue weighted by atomic mass is 9.53. The van der Waals surface area contributed by atoms with Crippen molar-refractivity contribution < 1.29 is 9.59 Å². The molecule has 7 nitrogen and oxygen atoms in total. The number of hydrogen-bond donors (Lipinski definition) is 3. The van der Waals surface area contributed by atoms with Crippen LogP contribution in [0.3, 0.4) is 0 Å². The number of carbonyl (C=O) groups is 2. The van der Waals surface area contributed by atoms with Gasteiger partial charge in [-0.2, -0.15) is 0 Å². The van der Waals surface area contributed by atoms with Crippen LogP contribution in [0.4, 0.5) is 0 Å². The third-order valence-electron chi connectivity index (χ3n) is 11.5. The van der Waals surface area contributed by atoms with Crippen LogP contribution < -0.4 is 16.3 Å². The van der Waals surface area contributed by atoms with Crippen molar-refractivity contribution in [2.75, 3.05) is 0 Å². The second-order valence-corrected chi connectivity index (χ2v) is 14.5. The number of rotatable bonds is 6. The minimum absolute atomic E-state index is 0.00590. The van der Waals surface area contributed by atoms with Gasteiger partial charge in [0.05, 0.1) is 11.0 Å². The van der Waals surface area contributed by atoms with Crippen molar-refractivity contribution in [3.63, 3.8) is 0 Å². The summed E-state index contributed by atoms with van der Waals surface area (Å²) in [6.45, 7) is 0.259. The highest BCUT2D eigenvalue weighted by atomic mass is 16.2. The second kappa shape index (κ2) is 8.22. The molecule has 7 heteroatoms. The van der Waals surface area contributed by atoms with E-state index in [9.17, 15) is 9.59 Å². The van der Waals surface area contributed by atoms with Gasteiger partial charge in [-0.1, -0.05) is 12.1 Å². The molecule has 2 amide bonds. The number of hydrogen-bond acceptors (Lipinski definition) is 3. The minimum Gasteiger partial charge on any atom is -0.349 e. The molecule has 0 spiro atoms. The number of nitrogens with one attached hydrogen (secondary N) is 3. The average Bonchev–Trinajstić information content (AvgIpc) is 3.07. The van der Waals surface area contributed by atoms with Gasteiger partial charge in [-0.25, -0.2) is 0 Å². The van der Waals surface area contributed by atoms with Crippen molar-refractivity contribution in [1.29, 1.82) is 5.41 Å². The molecule has 1 aromatic carbocycles. The van der Waals surface area contributed by atoms with Crippen molar-refractivity contribution in [2.45, 2.75) is 101 Å². The fourth-order valence-electron chi connectivity index (χ4n) is 11.1. The van der Waals surface area contributed by atoms with E-state index in [-0.39, 0.29) is 41.6 Å². The van der Waals surface area contributed by atoms with Gasteiger partial charge in [0, 0.05) is 11.1 Å². The molecule has 1 aromatic heterocycles. The molecule has 0 unspecified atom stereocenters. The molecule has 38 heavy (non-hydrogen) atoms. The van der Waals surface area contributed by atoms with Crippen LogP contribution in [0.15, 0.2) is 24.3 Å². The molecule has 8 aliphatic carbocycles. The number of imidazole rings is 1. The molecule has 2 aromatic rings. The molecule has 202 valence electrons. The maximum Gasteiger partial charge on any atom is 0.240 e. The summed E-state index contributed by atoms with van der Waals surface area (Å²) in [4.78, 5) is 26.9. The lowest BCUT2D eigenvalue weighted by molar-refractivity contribution is -0.128. The van der Waals surface area contributed by atoms with Crippen LogP contribution in [0.2, 0.25) is 0 Å². The van der Waals surface area contributed by atoms with Crippen LogP contribution in [0.5, 0.6) is 0 Å². The first-order chi connectivity index (χ1) is 18.3. The molecular weight excluding hydrogens is 474 g/mol. The third kappa shape index (κ3) is 3.78. The standard InChI is InChI=1S/C31H41N5O2/c32-29-35(17-27(37)33-30-11-19-5-20(12-30)7-21(6-19)13-30)25-3-1-2-4-26(25)36(29)18-28(38)34-31-14-22-8-23(15-31)10-24(9-22)16-31/h1-4,19-24,32H,5-18H2,(H,33,37)(H,34,38). The first-order valence-electron chi connectivity index (χ1n) is 15.2. The fourth-order valence-corrected chi connectivity index (χ4v) is 11.1. The van der Waals surface area contributed by atoms with Gasteiger partial charge in [-0.15, -0.1) is 0 Å². The Kier molecular flexibility index (Phi) is 5.04. The van der Waals surface area contributed by atoms with E-state index in [0.717, 1.165) is 85.1 Å². The lowest BCUT2D eigenvalue weighted by Crippen LogP contribution is -2.60. The van der Waals surface area contributed by atoms with Gasteiger partial charge in [0.15, 0.2) is 0 Å². The Bertz CT molecular complexity index is 1200. The summed E-state index contributed by atoms with van der Waals surface area (Å²) in [5.41, 5.74) is 1.85. The number of nitrogens with zero attached hydrogens (tertiary/aromatic N) is 2. The third-order valence-corrected chi connectivity index (χ3v) is 11.5. The Morgan fingerprint density at radius 1 is 0.658 bits per heavy atom. The Morgan fingerprint density at radius 2 is 0.974 bits per heavy atom. The molecule has 0 saturated heterocycles. The van der Waals surface area contributed by atoms with E-state index >= 15 is 0 Å². The van der Waals surface area contributed by atoms with Crippen LogP contribution >= 0.6 is 0 Å². The summed E-state index contributed by atoms with van der Waals surface area (Å²) >= 11 is 0. The average molecular weight is 516 g/mol. The highest BCUT2D eigenvalue weighted by Crippen LogP contribution is 2.56. The topological polar surface area (TPSA) is 91.9 Å². The van der Waals surface area contributed by atoms with Crippen LogP contribution in [0.25, 0.3) is 11.0 Å². The smallest absolute Gasteiger partial charge is 0.240 e. The molecule has 8 fully saturated rings. The summed E-state index contributed by atoms with van der Waals surface area (Å²) in [5, 5.41) is 16.0. The SMILES string of the molecule is N=c1n(CC(=O)NC23CC4CC(CC(C4)C2)C3)c2ccccc2n1CC(=O)NC12CC3CC(CC(C3)C1)C2. The van der Waals surface area contributed by atoms with Gasteiger partial charge in [0.25, 0.3) is 0 Å². The van der Waals surface area contributed by atoms with E-state index in [1.54, 1.807) is 9.13 Å². The summed E-state index contributed by atoms with van der Waals surface area (Å²) in [7, 11) is 0. The van der Waals surface area contributed by atoms with Gasteiger partial charge in [-0.05, 0) is 125 Å². The summed E-state index contributed by atoms with van der Waals surface area (Å²) < 4.78 is 3.59. The highest BCUT2D eigenvalue weighted by Gasteiger charge is 2.52. The molecule has 8 aliphatic rings. The normalized spacial score (nSPS) is 40.1. The van der Waals surface area contributed by atoms with Crippen molar-refractivity contribution in [1.82, 2.24) is 19.8 Å². The molecule has 10 rings (SSSR count). The van der Waals surface area contributed by atoms with Crippen molar-refractivity contribution in [3.8, 4) is 0 Å². The van der Waals surface area contributed by atoms with Crippen LogP contribution in [-0.4, -0.2) is 32.0 Å². The molecule has 8 saturated carbocycles. The molecule has 1 heterocycles. The summed E-state index contributed by atoms with van der Waals surface area (Å²) in [6.07, 6.45) is 14.8. The zero-order valence-corrected chi connectivity index (χ0v) is 22.4. The molecule has 3 N–H and O–H groups in total. The molecule has 0 radical (unpaired) electrons. The molecular formula is C31H41N5O2. The predicted molar refractivity (Wildman–Crippen MR) is 144 cm³/mol. The number of fused-ring (bicyclic) bond motifs is 1. The van der Waals surface area contributed by atoms with E-state index in [1.807, 2.05) is 24.3 Å². The predicted octanol–water partition coefficient (Wildman–Crippen LogP) is 4.09. The quantitative estimate of drug-likeness (QED) is 0.541. The first-order valence-corrected chi connectivity index (χ1v) is 15.2. The van der Waals surface area contributed by atoms with Crippen molar-refractivity contribution >= 4 is 22.8 Å². The van der Waals surface area contributed by atoms with E-state index in [4.69, 9.17) is 5.41 Å². The number of benzene rings is 1. The number of para-hydroxylation sites is 2. The van der Waals surface area contributed by atoms with Crippen molar-refractivity contribution in [3.05, 3.63) is 29.9 Å². The van der Waals surface area contributed by atoms with Crippen LogP contribution in [-0.2, 0) is 22.7 Å². The zero-order valence-electron chi connectivity index (χ0n) is 22.4. The van der Waals surface area contributed by atoms with E-state index in [1.165, 1.54) is 38.5 Å². The lowest BCUT2D eigenvalue weighted by Gasteiger charge is -2.56. The fraction of sp³-hybridized carbons (Fsp3) is 0.710. The molecule has 0 atom stereocenters. The second-order valence-electron chi connectivity index (χ2n) is 14.5. The molecule has 8 bridgehead atoms. The Balaban J connectivity index is 1.02. The number of carbonyl (C=O) groups excluding carboxylic acids is 2. The zero-order chi connectivity index (χ0) is 25.6. The van der Waals surface area contributed by atoms with Gasteiger partial charge >= 0.3 is 0 Å². The van der Waals surface area contributed by atoms with Gasteiger partial charge in [0.1, 0.15) is 13.1 Å². The minimum atomic E-state index is -0.0370. The maximum absolute atomic E-state index is 13.4. The van der Waals surface area contributed by atoms with Crippen molar-refractivity contribution in [2.24, 2.45) is 35.5 Å². The van der Waals surface area contributed by atoms with Gasteiger partial charge in [0.2, 0.25) is 17.4 Å². The van der Waals surface area contributed by atoms with E-state index < -0.39 is 0 Å². The highest BCUT2D eigenvalue weighted by molar-refractivity contribution is 5.83. The van der Waals surface area contributed by atoms with Crippen LogP contribution in [0.1, 0.15) is 77.0 Å². The number of amides is 2. The van der Waals surface area contributed by atoms with Gasteiger partial charge in [-0.3, -0.25) is 15.0 Å². The Morgan fingerprint density at radius 3 is 1.29 bits per heavy atom. The summed E-state index contributed by atoms with van der Waals surface area (Å²) in [5.74, 6) is 4.65. The van der Waals surface area contributed by atoms with Gasteiger partial charge < -0.3 is 19.8 Å². The van der Waals surface area contributed by atoms with E-state index in [2.05, 4.69) is 10.6 Å². The largest absolute Gasteiger partial charge is 0.349 e.